The van der Waals surface area contributed by atoms with Gasteiger partial charge in [0.15, 0.2) is 0 Å². The molecule has 2 N–H and O–H groups in total. The summed E-state index contributed by atoms with van der Waals surface area (Å²) >= 11 is 0. The number of carbonyl (C=O) groups is 1. The van der Waals surface area contributed by atoms with Crippen LogP contribution in [0.5, 0.6) is 0 Å². The van der Waals surface area contributed by atoms with Gasteiger partial charge in [-0.25, -0.2) is 0 Å². The average molecular weight is 330 g/mol. The summed E-state index contributed by atoms with van der Waals surface area (Å²) in [7, 11) is 0. The van der Waals surface area contributed by atoms with E-state index in [2.05, 4.69) is 34.9 Å². The lowest BCUT2D eigenvalue weighted by molar-refractivity contribution is 0.102. The largest absolute Gasteiger partial charge is 0.385 e. The highest BCUT2D eigenvalue weighted by Gasteiger charge is 2.05. The number of anilines is 2. The highest BCUT2D eigenvalue weighted by atomic mass is 16.1. The molecule has 0 spiro atoms. The van der Waals surface area contributed by atoms with Gasteiger partial charge in [0.1, 0.15) is 0 Å². The first-order valence-corrected chi connectivity index (χ1v) is 8.46. The van der Waals surface area contributed by atoms with Gasteiger partial charge >= 0.3 is 0 Å². The Morgan fingerprint density at radius 1 is 0.840 bits per heavy atom. The molecule has 0 radical (unpaired) electrons. The van der Waals surface area contributed by atoms with Crippen LogP contribution in [0, 0.1) is 6.92 Å². The first-order chi connectivity index (χ1) is 12.2. The van der Waals surface area contributed by atoms with E-state index in [0.717, 1.165) is 29.9 Å². The molecule has 0 saturated heterocycles. The van der Waals surface area contributed by atoms with Crippen LogP contribution in [0.4, 0.5) is 11.4 Å². The van der Waals surface area contributed by atoms with Crippen molar-refractivity contribution in [1.29, 1.82) is 0 Å². The molecule has 0 fully saturated rings. The van der Waals surface area contributed by atoms with E-state index >= 15 is 0 Å². The van der Waals surface area contributed by atoms with E-state index < -0.39 is 0 Å². The number of rotatable bonds is 6. The molecule has 3 aromatic carbocycles. The fraction of sp³-hybridized carbons (Fsp3) is 0.136. The summed E-state index contributed by atoms with van der Waals surface area (Å²) in [5, 5.41) is 6.33. The van der Waals surface area contributed by atoms with Crippen LogP contribution in [0.25, 0.3) is 0 Å². The van der Waals surface area contributed by atoms with Gasteiger partial charge in [-0.15, -0.1) is 0 Å². The topological polar surface area (TPSA) is 41.1 Å². The second-order valence-corrected chi connectivity index (χ2v) is 6.06. The normalized spacial score (nSPS) is 10.3. The lowest BCUT2D eigenvalue weighted by Crippen LogP contribution is -2.12. The monoisotopic (exact) mass is 330 g/mol. The molecule has 3 heteroatoms. The fourth-order valence-electron chi connectivity index (χ4n) is 2.66. The van der Waals surface area contributed by atoms with E-state index in [9.17, 15) is 4.79 Å². The number of aryl methyl sites for hydroxylation is 1. The Kier molecular flexibility index (Phi) is 5.47. The van der Waals surface area contributed by atoms with E-state index in [1.165, 1.54) is 5.56 Å². The Bertz CT molecular complexity index is 826. The molecule has 0 aliphatic heterocycles. The second kappa shape index (κ2) is 8.15. The van der Waals surface area contributed by atoms with E-state index in [1.807, 2.05) is 61.5 Å². The summed E-state index contributed by atoms with van der Waals surface area (Å²) in [6.07, 6.45) is 0.979. The molecule has 0 heterocycles. The molecule has 25 heavy (non-hydrogen) atoms. The zero-order valence-corrected chi connectivity index (χ0v) is 14.3. The van der Waals surface area contributed by atoms with Gasteiger partial charge in [0.25, 0.3) is 5.91 Å². The molecule has 126 valence electrons. The molecular formula is C22H22N2O. The van der Waals surface area contributed by atoms with Crippen molar-refractivity contribution < 1.29 is 4.79 Å². The molecule has 3 rings (SSSR count). The van der Waals surface area contributed by atoms with Gasteiger partial charge in [-0.2, -0.15) is 0 Å². The Hall–Kier alpha value is -3.07. The van der Waals surface area contributed by atoms with E-state index in [-0.39, 0.29) is 5.91 Å². The first-order valence-electron chi connectivity index (χ1n) is 8.46. The number of benzene rings is 3. The van der Waals surface area contributed by atoms with Crippen molar-refractivity contribution in [2.24, 2.45) is 0 Å². The van der Waals surface area contributed by atoms with Gasteiger partial charge in [0.05, 0.1) is 0 Å². The van der Waals surface area contributed by atoms with Crippen molar-refractivity contribution in [3.05, 3.63) is 95.6 Å². The van der Waals surface area contributed by atoms with Gasteiger partial charge in [-0.1, -0.05) is 48.0 Å². The predicted molar refractivity (Wildman–Crippen MR) is 104 cm³/mol. The van der Waals surface area contributed by atoms with E-state index in [4.69, 9.17) is 0 Å². The van der Waals surface area contributed by atoms with Gasteiger partial charge in [0, 0.05) is 23.5 Å². The van der Waals surface area contributed by atoms with E-state index in [0.29, 0.717) is 5.56 Å². The zero-order chi connectivity index (χ0) is 17.5. The van der Waals surface area contributed by atoms with Gasteiger partial charge < -0.3 is 10.6 Å². The number of amides is 1. The maximum absolute atomic E-state index is 12.3. The molecule has 3 aromatic rings. The predicted octanol–water partition coefficient (Wildman–Crippen LogP) is 4.90. The van der Waals surface area contributed by atoms with Crippen molar-refractivity contribution >= 4 is 17.3 Å². The third-order valence-corrected chi connectivity index (χ3v) is 4.01. The lowest BCUT2D eigenvalue weighted by Gasteiger charge is -2.09. The van der Waals surface area contributed by atoms with Crippen LogP contribution >= 0.6 is 0 Å². The number of hydrogen-bond donors (Lipinski definition) is 2. The number of carbonyl (C=O) groups excluding carboxylic acids is 1. The molecule has 1 amide bonds. The average Bonchev–Trinajstić information content (AvgIpc) is 2.64. The summed E-state index contributed by atoms with van der Waals surface area (Å²) < 4.78 is 0. The molecule has 0 aliphatic carbocycles. The molecule has 0 unspecified atom stereocenters. The third-order valence-electron chi connectivity index (χ3n) is 4.01. The van der Waals surface area contributed by atoms with E-state index in [1.54, 1.807) is 0 Å². The Morgan fingerprint density at radius 3 is 2.28 bits per heavy atom. The Labute approximate surface area is 148 Å². The quantitative estimate of drug-likeness (QED) is 0.675. The molecule has 3 nitrogen and oxygen atoms in total. The van der Waals surface area contributed by atoms with Crippen molar-refractivity contribution in [3.63, 3.8) is 0 Å². The third kappa shape index (κ3) is 4.95. The van der Waals surface area contributed by atoms with Gasteiger partial charge in [-0.05, 0) is 55.3 Å². The van der Waals surface area contributed by atoms with Gasteiger partial charge in [0.2, 0.25) is 0 Å². The summed E-state index contributed by atoms with van der Waals surface area (Å²) in [6.45, 7) is 2.85. The zero-order valence-electron chi connectivity index (χ0n) is 14.3. The highest BCUT2D eigenvalue weighted by Crippen LogP contribution is 2.15. The van der Waals surface area contributed by atoms with Crippen molar-refractivity contribution in [3.8, 4) is 0 Å². The first kappa shape index (κ1) is 16.8. The Morgan fingerprint density at radius 2 is 1.56 bits per heavy atom. The molecule has 0 aromatic heterocycles. The molecular weight excluding hydrogens is 308 g/mol. The fourth-order valence-corrected chi connectivity index (χ4v) is 2.66. The summed E-state index contributed by atoms with van der Waals surface area (Å²) in [4.78, 5) is 12.3. The van der Waals surface area contributed by atoms with Crippen LogP contribution in [0.3, 0.4) is 0 Å². The number of hydrogen-bond acceptors (Lipinski definition) is 2. The minimum atomic E-state index is -0.0894. The van der Waals surface area contributed by atoms with Crippen LogP contribution in [0.1, 0.15) is 21.5 Å². The summed E-state index contributed by atoms with van der Waals surface area (Å²) in [5.41, 5.74) is 4.90. The standard InChI is InChI=1S/C22H22N2O/c1-17-6-5-9-19(16-17)22(25)24-21-12-10-20(11-13-21)23-15-14-18-7-3-2-4-8-18/h2-13,16,23H,14-15H2,1H3,(H,24,25). The summed E-state index contributed by atoms with van der Waals surface area (Å²) in [6, 6.07) is 25.8. The molecule has 0 atom stereocenters. The van der Waals surface area contributed by atoms with Crippen LogP contribution in [-0.2, 0) is 6.42 Å². The SMILES string of the molecule is Cc1cccc(C(=O)Nc2ccc(NCCc3ccccc3)cc2)c1. The highest BCUT2D eigenvalue weighted by molar-refractivity contribution is 6.04. The second-order valence-electron chi connectivity index (χ2n) is 6.06. The van der Waals surface area contributed by atoms with Crippen molar-refractivity contribution in [2.45, 2.75) is 13.3 Å². The lowest BCUT2D eigenvalue weighted by atomic mass is 10.1. The minimum Gasteiger partial charge on any atom is -0.385 e. The van der Waals surface area contributed by atoms with Crippen LogP contribution in [0.2, 0.25) is 0 Å². The molecule has 0 bridgehead atoms. The van der Waals surface area contributed by atoms with Crippen LogP contribution in [0.15, 0.2) is 78.9 Å². The Balaban J connectivity index is 1.52. The van der Waals surface area contributed by atoms with Crippen molar-refractivity contribution in [2.75, 3.05) is 17.2 Å². The molecule has 0 aliphatic rings. The van der Waals surface area contributed by atoms with Crippen LogP contribution < -0.4 is 10.6 Å². The van der Waals surface area contributed by atoms with Crippen LogP contribution in [-0.4, -0.2) is 12.5 Å². The van der Waals surface area contributed by atoms with Crippen molar-refractivity contribution in [1.82, 2.24) is 0 Å². The summed E-state index contributed by atoms with van der Waals surface area (Å²) in [5.74, 6) is -0.0894. The maximum atomic E-state index is 12.3. The molecule has 0 saturated carbocycles. The number of nitrogens with one attached hydrogen (secondary N) is 2. The minimum absolute atomic E-state index is 0.0894. The maximum Gasteiger partial charge on any atom is 0.255 e. The van der Waals surface area contributed by atoms with Gasteiger partial charge in [-0.3, -0.25) is 4.79 Å². The smallest absolute Gasteiger partial charge is 0.255 e.